The number of benzene rings is 2. The Kier molecular flexibility index (Phi) is 3.36. The lowest BCUT2D eigenvalue weighted by atomic mass is 10.1. The van der Waals surface area contributed by atoms with Gasteiger partial charge in [0.2, 0.25) is 0 Å². The quantitative estimate of drug-likeness (QED) is 0.811. The molecule has 0 spiro atoms. The fourth-order valence-corrected chi connectivity index (χ4v) is 2.31. The standard InChI is InChI=1S/C17H12FNO2/c18-13-8-9-14-15(11-13)19(17(21)16(14)20)10-4-7-12-5-2-1-3-6-12/h1-9,11H,10H2/b7-4+. The van der Waals surface area contributed by atoms with E-state index in [0.29, 0.717) is 5.69 Å². The van der Waals surface area contributed by atoms with Crippen molar-refractivity contribution in [3.8, 4) is 0 Å². The maximum Gasteiger partial charge on any atom is 0.299 e. The molecule has 0 bridgehead atoms. The average molecular weight is 281 g/mol. The first kappa shape index (κ1) is 13.2. The summed E-state index contributed by atoms with van der Waals surface area (Å²) in [6, 6.07) is 13.4. The third kappa shape index (κ3) is 2.48. The number of amides is 1. The van der Waals surface area contributed by atoms with Crippen LogP contribution in [0.2, 0.25) is 0 Å². The molecule has 1 aliphatic rings. The van der Waals surface area contributed by atoms with Crippen molar-refractivity contribution in [3.05, 3.63) is 71.6 Å². The Morgan fingerprint density at radius 2 is 1.81 bits per heavy atom. The van der Waals surface area contributed by atoms with E-state index in [2.05, 4.69) is 0 Å². The largest absolute Gasteiger partial charge is 0.301 e. The Labute approximate surface area is 121 Å². The van der Waals surface area contributed by atoms with Gasteiger partial charge in [0, 0.05) is 6.54 Å². The van der Waals surface area contributed by atoms with Gasteiger partial charge in [-0.1, -0.05) is 42.5 Å². The Balaban J connectivity index is 1.83. The molecular weight excluding hydrogens is 269 g/mol. The molecule has 1 heterocycles. The third-order valence-corrected chi connectivity index (χ3v) is 3.33. The number of fused-ring (bicyclic) bond motifs is 1. The molecule has 0 saturated heterocycles. The second kappa shape index (κ2) is 5.32. The fraction of sp³-hybridized carbons (Fsp3) is 0.0588. The predicted octanol–water partition coefficient (Wildman–Crippen LogP) is 3.07. The summed E-state index contributed by atoms with van der Waals surface area (Å²) in [4.78, 5) is 25.0. The molecule has 1 aliphatic heterocycles. The molecule has 0 aromatic heterocycles. The Hall–Kier alpha value is -2.75. The monoisotopic (exact) mass is 281 g/mol. The SMILES string of the molecule is O=C1C(=O)N(C/C=C/c2ccccc2)c2cc(F)ccc21. The van der Waals surface area contributed by atoms with E-state index in [1.807, 2.05) is 36.4 Å². The fourth-order valence-electron chi connectivity index (χ4n) is 2.31. The van der Waals surface area contributed by atoms with Gasteiger partial charge in [-0.15, -0.1) is 0 Å². The number of ketones is 1. The van der Waals surface area contributed by atoms with Crippen LogP contribution in [0.1, 0.15) is 15.9 Å². The molecule has 0 radical (unpaired) electrons. The number of anilines is 1. The van der Waals surface area contributed by atoms with E-state index in [4.69, 9.17) is 0 Å². The minimum absolute atomic E-state index is 0.232. The number of nitrogens with zero attached hydrogens (tertiary/aromatic N) is 1. The van der Waals surface area contributed by atoms with Gasteiger partial charge >= 0.3 is 0 Å². The number of halogens is 1. The summed E-state index contributed by atoms with van der Waals surface area (Å²) < 4.78 is 13.3. The average Bonchev–Trinajstić information content (AvgIpc) is 2.73. The summed E-state index contributed by atoms with van der Waals surface area (Å²) in [6.07, 6.45) is 3.63. The van der Waals surface area contributed by atoms with Crippen molar-refractivity contribution in [1.82, 2.24) is 0 Å². The van der Waals surface area contributed by atoms with Crippen LogP contribution in [-0.4, -0.2) is 18.2 Å². The smallest absolute Gasteiger partial charge is 0.299 e. The maximum atomic E-state index is 13.3. The van der Waals surface area contributed by atoms with Crippen LogP contribution in [-0.2, 0) is 4.79 Å². The van der Waals surface area contributed by atoms with Gasteiger partial charge in [-0.2, -0.15) is 0 Å². The van der Waals surface area contributed by atoms with Crippen LogP contribution < -0.4 is 4.90 Å². The first-order valence-corrected chi connectivity index (χ1v) is 6.54. The predicted molar refractivity (Wildman–Crippen MR) is 78.6 cm³/mol. The highest BCUT2D eigenvalue weighted by atomic mass is 19.1. The van der Waals surface area contributed by atoms with E-state index < -0.39 is 17.5 Å². The van der Waals surface area contributed by atoms with Crippen molar-refractivity contribution in [1.29, 1.82) is 0 Å². The first-order chi connectivity index (χ1) is 10.2. The zero-order valence-corrected chi connectivity index (χ0v) is 11.1. The lowest BCUT2D eigenvalue weighted by Crippen LogP contribution is -2.29. The molecule has 0 aliphatic carbocycles. The van der Waals surface area contributed by atoms with Crippen LogP contribution in [0.5, 0.6) is 0 Å². The molecule has 2 aromatic rings. The molecule has 0 unspecified atom stereocenters. The summed E-state index contributed by atoms with van der Waals surface area (Å²) >= 11 is 0. The minimum atomic E-state index is -0.617. The number of rotatable bonds is 3. The molecule has 0 saturated carbocycles. The van der Waals surface area contributed by atoms with E-state index in [1.54, 1.807) is 6.08 Å². The van der Waals surface area contributed by atoms with E-state index in [9.17, 15) is 14.0 Å². The maximum absolute atomic E-state index is 13.3. The number of carbonyl (C=O) groups is 2. The molecule has 1 amide bonds. The second-order valence-electron chi connectivity index (χ2n) is 4.72. The summed E-state index contributed by atoms with van der Waals surface area (Å²) in [5, 5.41) is 0. The molecular formula is C17H12FNO2. The Morgan fingerprint density at radius 3 is 2.57 bits per heavy atom. The molecule has 4 heteroatoms. The topological polar surface area (TPSA) is 37.4 Å². The van der Waals surface area contributed by atoms with Crippen molar-refractivity contribution in [3.63, 3.8) is 0 Å². The number of Topliss-reactive ketones (excluding diaryl/α,β-unsaturated/α-hetero) is 1. The van der Waals surface area contributed by atoms with Crippen LogP contribution >= 0.6 is 0 Å². The molecule has 3 rings (SSSR count). The lowest BCUT2D eigenvalue weighted by molar-refractivity contribution is -0.114. The molecule has 0 N–H and O–H groups in total. The van der Waals surface area contributed by atoms with Gasteiger partial charge in [-0.05, 0) is 23.8 Å². The highest BCUT2D eigenvalue weighted by molar-refractivity contribution is 6.52. The van der Waals surface area contributed by atoms with Crippen LogP contribution in [0.3, 0.4) is 0 Å². The summed E-state index contributed by atoms with van der Waals surface area (Å²) in [5.74, 6) is -1.67. The van der Waals surface area contributed by atoms with E-state index in [-0.39, 0.29) is 12.1 Å². The highest BCUT2D eigenvalue weighted by Crippen LogP contribution is 2.29. The van der Waals surface area contributed by atoms with Crippen molar-refractivity contribution in [2.75, 3.05) is 11.4 Å². The molecule has 0 atom stereocenters. The van der Waals surface area contributed by atoms with E-state index >= 15 is 0 Å². The molecule has 104 valence electrons. The summed E-state index contributed by atoms with van der Waals surface area (Å²) in [7, 11) is 0. The highest BCUT2D eigenvalue weighted by Gasteiger charge is 2.35. The van der Waals surface area contributed by atoms with Crippen molar-refractivity contribution >= 4 is 23.5 Å². The number of hydrogen-bond acceptors (Lipinski definition) is 2. The minimum Gasteiger partial charge on any atom is -0.301 e. The molecule has 0 fully saturated rings. The third-order valence-electron chi connectivity index (χ3n) is 3.33. The number of carbonyl (C=O) groups excluding carboxylic acids is 2. The Morgan fingerprint density at radius 1 is 1.05 bits per heavy atom. The first-order valence-electron chi connectivity index (χ1n) is 6.54. The van der Waals surface area contributed by atoms with Gasteiger partial charge in [0.25, 0.3) is 11.7 Å². The van der Waals surface area contributed by atoms with Crippen molar-refractivity contribution in [2.45, 2.75) is 0 Å². The molecule has 3 nitrogen and oxygen atoms in total. The van der Waals surface area contributed by atoms with Gasteiger partial charge in [0.1, 0.15) is 5.82 Å². The van der Waals surface area contributed by atoms with Gasteiger partial charge in [-0.25, -0.2) is 4.39 Å². The molecule has 2 aromatic carbocycles. The van der Waals surface area contributed by atoms with Crippen molar-refractivity contribution < 1.29 is 14.0 Å². The summed E-state index contributed by atoms with van der Waals surface area (Å²) in [6.45, 7) is 0.232. The van der Waals surface area contributed by atoms with E-state index in [0.717, 1.165) is 5.56 Å². The zero-order valence-electron chi connectivity index (χ0n) is 11.1. The van der Waals surface area contributed by atoms with Gasteiger partial charge in [0.15, 0.2) is 0 Å². The van der Waals surface area contributed by atoms with Gasteiger partial charge < -0.3 is 4.90 Å². The zero-order chi connectivity index (χ0) is 14.8. The van der Waals surface area contributed by atoms with Gasteiger partial charge in [-0.3, -0.25) is 9.59 Å². The normalized spacial score (nSPS) is 14.0. The van der Waals surface area contributed by atoms with Crippen LogP contribution in [0, 0.1) is 5.82 Å². The Bertz CT molecular complexity index is 738. The van der Waals surface area contributed by atoms with E-state index in [1.165, 1.54) is 23.1 Å². The van der Waals surface area contributed by atoms with Crippen LogP contribution in [0.25, 0.3) is 6.08 Å². The summed E-state index contributed by atoms with van der Waals surface area (Å²) in [5.41, 5.74) is 1.59. The van der Waals surface area contributed by atoms with Crippen molar-refractivity contribution in [2.24, 2.45) is 0 Å². The van der Waals surface area contributed by atoms with Crippen LogP contribution in [0.4, 0.5) is 10.1 Å². The molecule has 21 heavy (non-hydrogen) atoms. The number of hydrogen-bond donors (Lipinski definition) is 0. The van der Waals surface area contributed by atoms with Crippen LogP contribution in [0.15, 0.2) is 54.6 Å². The lowest BCUT2D eigenvalue weighted by Gasteiger charge is -2.13. The van der Waals surface area contributed by atoms with Gasteiger partial charge in [0.05, 0.1) is 11.3 Å². The second-order valence-corrected chi connectivity index (χ2v) is 4.72.